The number of imidazole rings is 1. The zero-order valence-corrected chi connectivity index (χ0v) is 11.5. The number of fused-ring (bicyclic) bond motifs is 1. The maximum Gasteiger partial charge on any atom is 0.207 e. The molecule has 0 fully saturated rings. The minimum Gasteiger partial charge on any atom is -0.369 e. The predicted octanol–water partition coefficient (Wildman–Crippen LogP) is 2.56. The molecular weight excluding hydrogens is 262 g/mol. The Hall–Kier alpha value is -2.01. The van der Waals surface area contributed by atoms with E-state index in [0.29, 0.717) is 11.0 Å². The first-order chi connectivity index (χ1) is 9.11. The second-order valence-corrected chi connectivity index (χ2v) is 4.82. The summed E-state index contributed by atoms with van der Waals surface area (Å²) in [5.41, 5.74) is 9.61. The van der Waals surface area contributed by atoms with Gasteiger partial charge < -0.3 is 5.73 Å². The molecule has 0 saturated heterocycles. The molecule has 0 unspecified atom stereocenters. The molecule has 0 aliphatic rings. The van der Waals surface area contributed by atoms with Crippen LogP contribution in [0, 0.1) is 0 Å². The normalized spacial score (nSPS) is 11.3. The Morgan fingerprint density at radius 1 is 1.37 bits per heavy atom. The van der Waals surface area contributed by atoms with Crippen molar-refractivity contribution in [2.75, 3.05) is 5.73 Å². The van der Waals surface area contributed by atoms with Crippen LogP contribution in [0.15, 0.2) is 24.3 Å². The SMILES string of the molecule is CCc1nn(C)c2c1nc(N)n2-c1cccc(Cl)c1. The molecular formula is C13H14ClN5. The molecule has 2 N–H and O–H groups in total. The smallest absolute Gasteiger partial charge is 0.207 e. The molecule has 5 nitrogen and oxygen atoms in total. The maximum absolute atomic E-state index is 6.04. The molecule has 0 amide bonds. The first kappa shape index (κ1) is 12.0. The van der Waals surface area contributed by atoms with Gasteiger partial charge in [0.25, 0.3) is 0 Å². The van der Waals surface area contributed by atoms with Crippen molar-refractivity contribution in [2.24, 2.45) is 7.05 Å². The summed E-state index contributed by atoms with van der Waals surface area (Å²) in [5.74, 6) is 0.444. The Balaban J connectivity index is 2.35. The molecule has 3 rings (SSSR count). The summed E-state index contributed by atoms with van der Waals surface area (Å²) < 4.78 is 3.67. The Kier molecular flexibility index (Phi) is 2.71. The number of nitrogens with zero attached hydrogens (tertiary/aromatic N) is 4. The zero-order valence-electron chi connectivity index (χ0n) is 10.8. The first-order valence-electron chi connectivity index (χ1n) is 6.07. The number of aryl methyl sites for hydroxylation is 2. The third kappa shape index (κ3) is 1.77. The average Bonchev–Trinajstić information content (AvgIpc) is 2.86. The Morgan fingerprint density at radius 3 is 2.84 bits per heavy atom. The van der Waals surface area contributed by atoms with E-state index >= 15 is 0 Å². The number of hydrogen-bond donors (Lipinski definition) is 1. The van der Waals surface area contributed by atoms with E-state index < -0.39 is 0 Å². The highest BCUT2D eigenvalue weighted by molar-refractivity contribution is 6.30. The number of nitrogen functional groups attached to an aromatic ring is 1. The van der Waals surface area contributed by atoms with Crippen LogP contribution in [-0.2, 0) is 13.5 Å². The van der Waals surface area contributed by atoms with E-state index in [0.717, 1.165) is 29.0 Å². The summed E-state index contributed by atoms with van der Waals surface area (Å²) in [4.78, 5) is 4.43. The third-order valence-corrected chi connectivity index (χ3v) is 3.37. The highest BCUT2D eigenvalue weighted by Crippen LogP contribution is 2.26. The van der Waals surface area contributed by atoms with Gasteiger partial charge in [-0.05, 0) is 24.6 Å². The number of anilines is 1. The summed E-state index contributed by atoms with van der Waals surface area (Å²) in [6.45, 7) is 2.05. The minimum atomic E-state index is 0.444. The van der Waals surface area contributed by atoms with Crippen molar-refractivity contribution < 1.29 is 0 Å². The van der Waals surface area contributed by atoms with Crippen LogP contribution >= 0.6 is 11.6 Å². The van der Waals surface area contributed by atoms with Crippen LogP contribution < -0.4 is 5.73 Å². The Bertz CT molecular complexity index is 756. The quantitative estimate of drug-likeness (QED) is 0.782. The van der Waals surface area contributed by atoms with Crippen molar-refractivity contribution in [3.8, 4) is 5.69 Å². The lowest BCUT2D eigenvalue weighted by molar-refractivity contribution is 0.751. The number of benzene rings is 1. The van der Waals surface area contributed by atoms with Crippen molar-refractivity contribution in [3.63, 3.8) is 0 Å². The molecule has 0 aliphatic carbocycles. The maximum atomic E-state index is 6.04. The van der Waals surface area contributed by atoms with E-state index in [1.165, 1.54) is 0 Å². The van der Waals surface area contributed by atoms with Gasteiger partial charge in [-0.1, -0.05) is 24.6 Å². The van der Waals surface area contributed by atoms with Crippen LogP contribution in [0.25, 0.3) is 16.9 Å². The van der Waals surface area contributed by atoms with Crippen molar-refractivity contribution in [1.82, 2.24) is 19.3 Å². The number of rotatable bonds is 2. The summed E-state index contributed by atoms with van der Waals surface area (Å²) in [7, 11) is 1.89. The van der Waals surface area contributed by atoms with Gasteiger partial charge in [0.15, 0.2) is 5.65 Å². The second kappa shape index (κ2) is 4.28. The molecule has 3 aromatic rings. The van der Waals surface area contributed by atoms with Gasteiger partial charge in [-0.15, -0.1) is 0 Å². The number of nitrogens with two attached hydrogens (primary N) is 1. The van der Waals surface area contributed by atoms with Gasteiger partial charge in [-0.2, -0.15) is 5.10 Å². The summed E-state index contributed by atoms with van der Waals surface area (Å²) in [6.07, 6.45) is 0.823. The number of aromatic nitrogens is 4. The topological polar surface area (TPSA) is 61.7 Å². The molecule has 0 aliphatic heterocycles. The second-order valence-electron chi connectivity index (χ2n) is 4.38. The molecule has 2 aromatic heterocycles. The van der Waals surface area contributed by atoms with Crippen molar-refractivity contribution in [1.29, 1.82) is 0 Å². The fraction of sp³-hybridized carbons (Fsp3) is 0.231. The van der Waals surface area contributed by atoms with E-state index in [1.807, 2.05) is 35.9 Å². The number of hydrogen-bond acceptors (Lipinski definition) is 3. The molecule has 1 aromatic carbocycles. The fourth-order valence-corrected chi connectivity index (χ4v) is 2.49. The van der Waals surface area contributed by atoms with Gasteiger partial charge in [0, 0.05) is 12.1 Å². The van der Waals surface area contributed by atoms with E-state index in [9.17, 15) is 0 Å². The standard InChI is InChI=1S/C13H14ClN5/c1-3-10-11-12(18(2)17-10)19(13(15)16-11)9-6-4-5-8(14)7-9/h4-7H,3H2,1-2H3,(H2,15,16). The Labute approximate surface area is 115 Å². The van der Waals surface area contributed by atoms with Gasteiger partial charge in [0.05, 0.1) is 11.4 Å². The van der Waals surface area contributed by atoms with Crippen LogP contribution in [0.3, 0.4) is 0 Å². The lowest BCUT2D eigenvalue weighted by Crippen LogP contribution is -2.04. The zero-order chi connectivity index (χ0) is 13.6. The highest BCUT2D eigenvalue weighted by atomic mass is 35.5. The summed E-state index contributed by atoms with van der Waals surface area (Å²) in [6, 6.07) is 7.52. The van der Waals surface area contributed by atoms with Crippen LogP contribution in [-0.4, -0.2) is 19.3 Å². The average molecular weight is 276 g/mol. The lowest BCUT2D eigenvalue weighted by Gasteiger charge is -2.07. The van der Waals surface area contributed by atoms with E-state index in [2.05, 4.69) is 17.0 Å². The van der Waals surface area contributed by atoms with Crippen LogP contribution in [0.5, 0.6) is 0 Å². The monoisotopic (exact) mass is 275 g/mol. The van der Waals surface area contributed by atoms with Crippen LogP contribution in [0.4, 0.5) is 5.95 Å². The summed E-state index contributed by atoms with van der Waals surface area (Å²) >= 11 is 6.04. The van der Waals surface area contributed by atoms with E-state index in [-0.39, 0.29) is 0 Å². The molecule has 6 heteroatoms. The largest absolute Gasteiger partial charge is 0.369 e. The van der Waals surface area contributed by atoms with Crippen molar-refractivity contribution in [2.45, 2.75) is 13.3 Å². The van der Waals surface area contributed by atoms with Gasteiger partial charge in [-0.3, -0.25) is 4.57 Å². The van der Waals surface area contributed by atoms with Gasteiger partial charge >= 0.3 is 0 Å². The molecule has 0 atom stereocenters. The molecule has 0 radical (unpaired) electrons. The fourth-order valence-electron chi connectivity index (χ4n) is 2.30. The van der Waals surface area contributed by atoms with E-state index in [4.69, 9.17) is 17.3 Å². The summed E-state index contributed by atoms with van der Waals surface area (Å²) in [5, 5.41) is 5.13. The van der Waals surface area contributed by atoms with Crippen molar-refractivity contribution in [3.05, 3.63) is 35.0 Å². The third-order valence-electron chi connectivity index (χ3n) is 3.13. The molecule has 0 bridgehead atoms. The number of halogens is 1. The first-order valence-corrected chi connectivity index (χ1v) is 6.45. The molecule has 0 spiro atoms. The molecule has 2 heterocycles. The molecule has 0 saturated carbocycles. The van der Waals surface area contributed by atoms with Crippen LogP contribution in [0.2, 0.25) is 5.02 Å². The van der Waals surface area contributed by atoms with Gasteiger partial charge in [0.2, 0.25) is 5.95 Å². The van der Waals surface area contributed by atoms with Gasteiger partial charge in [0.1, 0.15) is 5.52 Å². The van der Waals surface area contributed by atoms with Gasteiger partial charge in [-0.25, -0.2) is 9.67 Å². The van der Waals surface area contributed by atoms with Crippen LogP contribution in [0.1, 0.15) is 12.6 Å². The minimum absolute atomic E-state index is 0.444. The predicted molar refractivity (Wildman–Crippen MR) is 76.6 cm³/mol. The highest BCUT2D eigenvalue weighted by Gasteiger charge is 2.18. The molecule has 98 valence electrons. The Morgan fingerprint density at radius 2 is 2.16 bits per heavy atom. The van der Waals surface area contributed by atoms with Crippen molar-refractivity contribution >= 4 is 28.7 Å². The van der Waals surface area contributed by atoms with E-state index in [1.54, 1.807) is 4.68 Å². The molecule has 19 heavy (non-hydrogen) atoms. The lowest BCUT2D eigenvalue weighted by atomic mass is 10.3.